The van der Waals surface area contributed by atoms with E-state index in [4.69, 9.17) is 14.2 Å². The molecule has 0 aromatic carbocycles. The van der Waals surface area contributed by atoms with Crippen molar-refractivity contribution in [3.63, 3.8) is 0 Å². The summed E-state index contributed by atoms with van der Waals surface area (Å²) in [7, 11) is 0. The Morgan fingerprint density at radius 1 is 0.778 bits per heavy atom. The van der Waals surface area contributed by atoms with Crippen LogP contribution in [0, 0.1) is 0 Å². The largest absolute Gasteiger partial charge is 0.490 e. The van der Waals surface area contributed by atoms with Gasteiger partial charge < -0.3 is 14.2 Å². The Morgan fingerprint density at radius 3 is 1.70 bits per heavy atom. The van der Waals surface area contributed by atoms with E-state index in [1.54, 1.807) is 22.7 Å². The van der Waals surface area contributed by atoms with Crippen molar-refractivity contribution in [2.75, 3.05) is 39.5 Å². The summed E-state index contributed by atoms with van der Waals surface area (Å²) in [6.45, 7) is 8.00. The summed E-state index contributed by atoms with van der Waals surface area (Å²) >= 11 is 3.27. The molecule has 0 bridgehead atoms. The molecule has 148 valence electrons. The minimum Gasteiger partial charge on any atom is -0.490 e. The summed E-state index contributed by atoms with van der Waals surface area (Å²) < 4.78 is 17.1. The Hall–Kier alpha value is -1.70. The maximum atomic E-state index is 5.77. The van der Waals surface area contributed by atoms with Gasteiger partial charge in [0, 0.05) is 25.5 Å². The number of aliphatic imine (C=N–C) groups is 2. The van der Waals surface area contributed by atoms with Gasteiger partial charge in [0.2, 0.25) is 0 Å². The molecule has 0 amide bonds. The molecule has 2 aromatic heterocycles. The molecule has 0 atom stereocenters. The third kappa shape index (κ3) is 8.24. The first-order chi connectivity index (χ1) is 13.3. The molecule has 0 spiro atoms. The predicted octanol–water partition coefficient (Wildman–Crippen LogP) is 4.94. The highest BCUT2D eigenvalue weighted by atomic mass is 32.1. The summed E-state index contributed by atoms with van der Waals surface area (Å²) in [5.41, 5.74) is 0. The first-order valence-electron chi connectivity index (χ1n) is 9.33. The monoisotopic (exact) mass is 408 g/mol. The minimum atomic E-state index is 0.513. The first-order valence-corrected chi connectivity index (χ1v) is 11.1. The number of ether oxygens (including phenoxy) is 3. The van der Waals surface area contributed by atoms with Crippen molar-refractivity contribution >= 4 is 35.1 Å². The Labute approximate surface area is 169 Å². The van der Waals surface area contributed by atoms with Crippen molar-refractivity contribution in [3.05, 3.63) is 32.6 Å². The van der Waals surface area contributed by atoms with E-state index in [1.807, 2.05) is 35.3 Å². The fourth-order valence-corrected chi connectivity index (χ4v) is 3.56. The summed E-state index contributed by atoms with van der Waals surface area (Å²) in [5.74, 6) is 1.74. The van der Waals surface area contributed by atoms with Gasteiger partial charge in [0.1, 0.15) is 24.7 Å². The van der Waals surface area contributed by atoms with Crippen LogP contribution in [-0.2, 0) is 4.74 Å². The lowest BCUT2D eigenvalue weighted by atomic mass is 10.4. The fourth-order valence-electron chi connectivity index (χ4n) is 2.12. The van der Waals surface area contributed by atoms with Crippen LogP contribution in [0.1, 0.15) is 36.4 Å². The number of rotatable bonds is 14. The van der Waals surface area contributed by atoms with Gasteiger partial charge in [0.15, 0.2) is 0 Å². The molecular formula is C20H28N2O3S2. The summed E-state index contributed by atoms with van der Waals surface area (Å²) in [6, 6.07) is 3.94. The van der Waals surface area contributed by atoms with Crippen LogP contribution < -0.4 is 9.47 Å². The van der Waals surface area contributed by atoms with E-state index in [9.17, 15) is 0 Å². The zero-order valence-corrected chi connectivity index (χ0v) is 17.7. The maximum Gasteiger partial charge on any atom is 0.138 e. The van der Waals surface area contributed by atoms with Crippen molar-refractivity contribution in [1.29, 1.82) is 0 Å². The molecule has 0 radical (unpaired) electrons. The Bertz CT molecular complexity index is 637. The van der Waals surface area contributed by atoms with Crippen molar-refractivity contribution in [2.45, 2.75) is 26.7 Å². The van der Waals surface area contributed by atoms with Crippen LogP contribution in [0.5, 0.6) is 11.5 Å². The molecule has 0 N–H and O–H groups in total. The molecule has 0 aliphatic carbocycles. The number of thiophene rings is 2. The van der Waals surface area contributed by atoms with Gasteiger partial charge in [0.05, 0.1) is 23.0 Å². The molecule has 2 rings (SSSR count). The van der Waals surface area contributed by atoms with Crippen LogP contribution in [0.3, 0.4) is 0 Å². The first kappa shape index (κ1) is 21.6. The van der Waals surface area contributed by atoms with E-state index in [2.05, 4.69) is 23.8 Å². The topological polar surface area (TPSA) is 52.4 Å². The normalized spacial score (nSPS) is 11.6. The summed E-state index contributed by atoms with van der Waals surface area (Å²) in [4.78, 5) is 10.8. The highest BCUT2D eigenvalue weighted by Crippen LogP contribution is 2.23. The van der Waals surface area contributed by atoms with E-state index >= 15 is 0 Å². The van der Waals surface area contributed by atoms with E-state index in [0.29, 0.717) is 26.4 Å². The van der Waals surface area contributed by atoms with Gasteiger partial charge in [-0.2, -0.15) is 0 Å². The molecule has 27 heavy (non-hydrogen) atoms. The second-order valence-electron chi connectivity index (χ2n) is 5.68. The highest BCUT2D eigenvalue weighted by Gasteiger charge is 2.04. The van der Waals surface area contributed by atoms with E-state index in [0.717, 1.165) is 47.2 Å². The highest BCUT2D eigenvalue weighted by molar-refractivity contribution is 7.12. The lowest BCUT2D eigenvalue weighted by Gasteiger charge is -2.08. The van der Waals surface area contributed by atoms with Crippen molar-refractivity contribution < 1.29 is 14.2 Å². The van der Waals surface area contributed by atoms with Crippen molar-refractivity contribution in [3.8, 4) is 11.5 Å². The van der Waals surface area contributed by atoms with Crippen LogP contribution in [0.25, 0.3) is 0 Å². The SMILES string of the molecule is CCCN=Cc1sccc1OCCOCCOc1ccsc1C=NCCC. The molecule has 0 unspecified atom stereocenters. The molecule has 7 heteroatoms. The Morgan fingerprint density at radius 2 is 1.26 bits per heavy atom. The lowest BCUT2D eigenvalue weighted by molar-refractivity contribution is 0.0766. The molecule has 0 aliphatic heterocycles. The van der Waals surface area contributed by atoms with Crippen LogP contribution in [-0.4, -0.2) is 51.9 Å². The van der Waals surface area contributed by atoms with Crippen molar-refractivity contribution in [1.82, 2.24) is 0 Å². The quantitative estimate of drug-likeness (QED) is 0.328. The molecule has 0 aliphatic rings. The molecule has 5 nitrogen and oxygen atoms in total. The van der Waals surface area contributed by atoms with Crippen molar-refractivity contribution in [2.24, 2.45) is 9.98 Å². The van der Waals surface area contributed by atoms with Gasteiger partial charge >= 0.3 is 0 Å². The molecule has 2 aromatic rings. The van der Waals surface area contributed by atoms with Crippen LogP contribution in [0.2, 0.25) is 0 Å². The standard InChI is InChI=1S/C20H28N2O3S2/c1-3-7-21-15-19-17(5-13-26-19)24-11-9-23-10-12-25-18-6-14-27-20(18)16-22-8-4-2/h5-6,13-16H,3-4,7-12H2,1-2H3. The third-order valence-electron chi connectivity index (χ3n) is 3.41. The van der Waals surface area contributed by atoms with Gasteiger partial charge in [0.25, 0.3) is 0 Å². The second-order valence-corrected chi connectivity index (χ2v) is 7.57. The minimum absolute atomic E-state index is 0.513. The number of nitrogens with zero attached hydrogens (tertiary/aromatic N) is 2. The zero-order chi connectivity index (χ0) is 19.2. The van der Waals surface area contributed by atoms with Gasteiger partial charge in [-0.15, -0.1) is 22.7 Å². The van der Waals surface area contributed by atoms with E-state index in [-0.39, 0.29) is 0 Å². The van der Waals surface area contributed by atoms with E-state index < -0.39 is 0 Å². The predicted molar refractivity (Wildman–Crippen MR) is 116 cm³/mol. The number of hydrogen-bond acceptors (Lipinski definition) is 7. The molecule has 0 saturated heterocycles. The molecular weight excluding hydrogens is 380 g/mol. The second kappa shape index (κ2) is 13.5. The smallest absolute Gasteiger partial charge is 0.138 e. The van der Waals surface area contributed by atoms with Gasteiger partial charge in [-0.1, -0.05) is 13.8 Å². The Balaban J connectivity index is 1.59. The van der Waals surface area contributed by atoms with Gasteiger partial charge in [-0.05, 0) is 35.7 Å². The van der Waals surface area contributed by atoms with E-state index in [1.165, 1.54) is 0 Å². The average Bonchev–Trinajstić information content (AvgIpc) is 3.31. The molecule has 2 heterocycles. The van der Waals surface area contributed by atoms with Crippen LogP contribution in [0.4, 0.5) is 0 Å². The van der Waals surface area contributed by atoms with Crippen LogP contribution >= 0.6 is 22.7 Å². The maximum absolute atomic E-state index is 5.77. The fraction of sp³-hybridized carbons (Fsp3) is 0.500. The summed E-state index contributed by atoms with van der Waals surface area (Å²) in [6.07, 6.45) is 5.87. The average molecular weight is 409 g/mol. The number of hydrogen-bond donors (Lipinski definition) is 0. The summed E-state index contributed by atoms with van der Waals surface area (Å²) in [5, 5.41) is 4.03. The zero-order valence-electron chi connectivity index (χ0n) is 16.1. The molecule has 0 saturated carbocycles. The van der Waals surface area contributed by atoms with Gasteiger partial charge in [-0.25, -0.2) is 0 Å². The molecule has 0 fully saturated rings. The van der Waals surface area contributed by atoms with Crippen LogP contribution in [0.15, 0.2) is 32.9 Å². The lowest BCUT2D eigenvalue weighted by Crippen LogP contribution is -2.12. The Kier molecular flexibility index (Phi) is 10.8. The van der Waals surface area contributed by atoms with Gasteiger partial charge in [-0.3, -0.25) is 9.98 Å². The third-order valence-corrected chi connectivity index (χ3v) is 5.07.